The Bertz CT molecular complexity index is 406. The van der Waals surface area contributed by atoms with Gasteiger partial charge in [-0.1, -0.05) is 20.8 Å². The van der Waals surface area contributed by atoms with Crippen LogP contribution < -0.4 is 5.32 Å². The number of nitrogens with zero attached hydrogens (tertiary/aromatic N) is 1. The highest BCUT2D eigenvalue weighted by atomic mass is 16.5. The van der Waals surface area contributed by atoms with E-state index in [0.717, 1.165) is 0 Å². The van der Waals surface area contributed by atoms with Crippen molar-refractivity contribution in [1.82, 2.24) is 10.2 Å². The van der Waals surface area contributed by atoms with Crippen LogP contribution in [0.2, 0.25) is 0 Å². The first-order valence-electron chi connectivity index (χ1n) is 7.85. The standard InChI is InChI=1S/C16H30N2O3/c1-8-16(7)14(20)18(10-15(5,6)21-9-2)12(11(3)4)13(19)17-16/h11-12H,8-10H2,1-7H3,(H,17,19). The lowest BCUT2D eigenvalue weighted by Crippen LogP contribution is -2.71. The molecule has 1 fully saturated rings. The minimum absolute atomic E-state index is 0.0175. The van der Waals surface area contributed by atoms with E-state index in [9.17, 15) is 9.59 Å². The molecule has 0 spiro atoms. The number of carbonyl (C=O) groups is 2. The normalized spacial score (nSPS) is 27.2. The zero-order valence-electron chi connectivity index (χ0n) is 14.4. The predicted molar refractivity (Wildman–Crippen MR) is 82.9 cm³/mol. The van der Waals surface area contributed by atoms with Crippen molar-refractivity contribution in [2.45, 2.75) is 72.1 Å². The lowest BCUT2D eigenvalue weighted by Gasteiger charge is -2.47. The first-order valence-corrected chi connectivity index (χ1v) is 7.85. The Morgan fingerprint density at radius 2 is 1.90 bits per heavy atom. The van der Waals surface area contributed by atoms with Gasteiger partial charge in [0.1, 0.15) is 11.6 Å². The molecule has 0 aromatic rings. The molecule has 1 heterocycles. The van der Waals surface area contributed by atoms with Crippen LogP contribution in [0.5, 0.6) is 0 Å². The fourth-order valence-corrected chi connectivity index (χ4v) is 2.90. The molecule has 0 aromatic heterocycles. The molecule has 1 aliphatic heterocycles. The Morgan fingerprint density at radius 3 is 2.33 bits per heavy atom. The zero-order chi connectivity index (χ0) is 16.4. The molecule has 21 heavy (non-hydrogen) atoms. The van der Waals surface area contributed by atoms with Crippen molar-refractivity contribution >= 4 is 11.8 Å². The molecule has 1 N–H and O–H groups in total. The zero-order valence-corrected chi connectivity index (χ0v) is 14.4. The average molecular weight is 298 g/mol. The van der Waals surface area contributed by atoms with Gasteiger partial charge in [0.15, 0.2) is 0 Å². The maximum atomic E-state index is 12.9. The van der Waals surface area contributed by atoms with Crippen molar-refractivity contribution in [2.24, 2.45) is 5.92 Å². The fourth-order valence-electron chi connectivity index (χ4n) is 2.90. The largest absolute Gasteiger partial charge is 0.374 e. The van der Waals surface area contributed by atoms with E-state index in [1.807, 2.05) is 41.5 Å². The van der Waals surface area contributed by atoms with Crippen LogP contribution in [-0.4, -0.2) is 47.0 Å². The molecule has 122 valence electrons. The SMILES string of the molecule is CCOC(C)(C)CN1C(=O)C(C)(CC)NC(=O)C1C(C)C. The van der Waals surface area contributed by atoms with Gasteiger partial charge >= 0.3 is 0 Å². The van der Waals surface area contributed by atoms with E-state index < -0.39 is 17.2 Å². The molecule has 5 nitrogen and oxygen atoms in total. The van der Waals surface area contributed by atoms with Crippen LogP contribution >= 0.6 is 0 Å². The Balaban J connectivity index is 3.12. The summed E-state index contributed by atoms with van der Waals surface area (Å²) in [5, 5.41) is 2.90. The van der Waals surface area contributed by atoms with Crippen LogP contribution in [0.25, 0.3) is 0 Å². The van der Waals surface area contributed by atoms with Crippen LogP contribution in [0.4, 0.5) is 0 Å². The van der Waals surface area contributed by atoms with E-state index in [4.69, 9.17) is 4.74 Å². The Kier molecular flexibility index (Phi) is 5.42. The van der Waals surface area contributed by atoms with E-state index in [1.54, 1.807) is 11.8 Å². The summed E-state index contributed by atoms with van der Waals surface area (Å²) in [7, 11) is 0. The second kappa shape index (κ2) is 6.34. The van der Waals surface area contributed by atoms with Crippen molar-refractivity contribution in [1.29, 1.82) is 0 Å². The Morgan fingerprint density at radius 1 is 1.33 bits per heavy atom. The highest BCUT2D eigenvalue weighted by Crippen LogP contribution is 2.27. The molecule has 1 rings (SSSR count). The molecule has 1 aliphatic rings. The van der Waals surface area contributed by atoms with E-state index in [1.165, 1.54) is 0 Å². The molecule has 0 radical (unpaired) electrons. The molecule has 5 heteroatoms. The van der Waals surface area contributed by atoms with Gasteiger partial charge in [0, 0.05) is 6.61 Å². The lowest BCUT2D eigenvalue weighted by atomic mass is 9.87. The summed E-state index contributed by atoms with van der Waals surface area (Å²) >= 11 is 0. The summed E-state index contributed by atoms with van der Waals surface area (Å²) in [6, 6.07) is -0.433. The number of hydrogen-bond donors (Lipinski definition) is 1. The summed E-state index contributed by atoms with van der Waals surface area (Å²) < 4.78 is 5.72. The second-order valence-corrected chi connectivity index (χ2v) is 6.99. The monoisotopic (exact) mass is 298 g/mol. The maximum Gasteiger partial charge on any atom is 0.248 e. The number of hydrogen-bond acceptors (Lipinski definition) is 3. The van der Waals surface area contributed by atoms with Crippen molar-refractivity contribution in [3.63, 3.8) is 0 Å². The molecule has 1 saturated heterocycles. The molecular formula is C16H30N2O3. The van der Waals surface area contributed by atoms with Crippen LogP contribution in [0.1, 0.15) is 54.9 Å². The van der Waals surface area contributed by atoms with E-state index in [0.29, 0.717) is 19.6 Å². The fraction of sp³-hybridized carbons (Fsp3) is 0.875. The number of rotatable bonds is 6. The number of carbonyl (C=O) groups excluding carboxylic acids is 2. The van der Waals surface area contributed by atoms with Crippen LogP contribution in [-0.2, 0) is 14.3 Å². The quantitative estimate of drug-likeness (QED) is 0.815. The minimum Gasteiger partial charge on any atom is -0.374 e. The molecular weight excluding hydrogens is 268 g/mol. The summed E-state index contributed by atoms with van der Waals surface area (Å²) in [6.45, 7) is 14.5. The van der Waals surface area contributed by atoms with E-state index in [2.05, 4.69) is 5.32 Å². The van der Waals surface area contributed by atoms with Gasteiger partial charge in [-0.3, -0.25) is 9.59 Å². The number of nitrogens with one attached hydrogen (secondary N) is 1. The highest BCUT2D eigenvalue weighted by molar-refractivity contribution is 5.99. The number of ether oxygens (including phenoxy) is 1. The molecule has 2 amide bonds. The molecule has 0 bridgehead atoms. The van der Waals surface area contributed by atoms with Crippen molar-refractivity contribution in [3.05, 3.63) is 0 Å². The van der Waals surface area contributed by atoms with Gasteiger partial charge in [0.25, 0.3) is 0 Å². The lowest BCUT2D eigenvalue weighted by molar-refractivity contribution is -0.161. The number of amides is 2. The van der Waals surface area contributed by atoms with Crippen LogP contribution in [0.3, 0.4) is 0 Å². The second-order valence-electron chi connectivity index (χ2n) is 6.99. The van der Waals surface area contributed by atoms with Gasteiger partial charge < -0.3 is 15.0 Å². The van der Waals surface area contributed by atoms with E-state index >= 15 is 0 Å². The minimum atomic E-state index is -0.815. The molecule has 2 unspecified atom stereocenters. The Hall–Kier alpha value is -1.10. The number of piperazine rings is 1. The third-order valence-corrected chi connectivity index (χ3v) is 4.16. The summed E-state index contributed by atoms with van der Waals surface area (Å²) in [5.74, 6) is -0.0230. The first-order chi connectivity index (χ1) is 9.58. The first kappa shape index (κ1) is 18.0. The van der Waals surface area contributed by atoms with Crippen molar-refractivity contribution in [2.75, 3.05) is 13.2 Å². The van der Waals surface area contributed by atoms with Gasteiger partial charge in [0.2, 0.25) is 11.8 Å². The van der Waals surface area contributed by atoms with Gasteiger partial charge in [-0.05, 0) is 40.0 Å². The van der Waals surface area contributed by atoms with Gasteiger partial charge in [-0.15, -0.1) is 0 Å². The molecule has 0 saturated carbocycles. The maximum absolute atomic E-state index is 12.9. The topological polar surface area (TPSA) is 58.6 Å². The van der Waals surface area contributed by atoms with Gasteiger partial charge in [-0.2, -0.15) is 0 Å². The molecule has 0 aromatic carbocycles. The predicted octanol–water partition coefficient (Wildman–Crippen LogP) is 1.95. The van der Waals surface area contributed by atoms with Gasteiger partial charge in [0.05, 0.1) is 12.1 Å². The Labute approximate surface area is 128 Å². The van der Waals surface area contributed by atoms with Crippen LogP contribution in [0, 0.1) is 5.92 Å². The van der Waals surface area contributed by atoms with Crippen molar-refractivity contribution < 1.29 is 14.3 Å². The smallest absolute Gasteiger partial charge is 0.248 e. The molecule has 0 aliphatic carbocycles. The third kappa shape index (κ3) is 3.76. The van der Waals surface area contributed by atoms with E-state index in [-0.39, 0.29) is 17.7 Å². The summed E-state index contributed by atoms with van der Waals surface area (Å²) in [4.78, 5) is 27.1. The average Bonchev–Trinajstić information content (AvgIpc) is 2.34. The molecule has 2 atom stereocenters. The summed E-state index contributed by atoms with van der Waals surface area (Å²) in [5.41, 5.74) is -1.28. The third-order valence-electron chi connectivity index (χ3n) is 4.16. The van der Waals surface area contributed by atoms with Gasteiger partial charge in [-0.25, -0.2) is 0 Å². The van der Waals surface area contributed by atoms with Crippen molar-refractivity contribution in [3.8, 4) is 0 Å². The summed E-state index contributed by atoms with van der Waals surface area (Å²) in [6.07, 6.45) is 0.577. The highest BCUT2D eigenvalue weighted by Gasteiger charge is 2.49. The van der Waals surface area contributed by atoms with Crippen LogP contribution in [0.15, 0.2) is 0 Å².